The molecule has 0 aliphatic heterocycles. The highest BCUT2D eigenvalue weighted by molar-refractivity contribution is 6.03. The molecule has 1 amide bonds. The van der Waals surface area contributed by atoms with Crippen LogP contribution in [0.3, 0.4) is 0 Å². The summed E-state index contributed by atoms with van der Waals surface area (Å²) in [6.45, 7) is 0. The van der Waals surface area contributed by atoms with Crippen LogP contribution in [0.25, 0.3) is 0 Å². The third-order valence-corrected chi connectivity index (χ3v) is 3.30. The van der Waals surface area contributed by atoms with E-state index in [9.17, 15) is 34.9 Å². The third kappa shape index (κ3) is 3.75. The summed E-state index contributed by atoms with van der Waals surface area (Å²) in [4.78, 5) is 44.1. The number of nitrogens with one attached hydrogen (secondary N) is 1. The maximum absolute atomic E-state index is 12.4. The molecule has 25 heavy (non-hydrogen) atoms. The number of benzene rings is 2. The minimum Gasteiger partial charge on any atom is -0.479 e. The molecule has 0 aromatic heterocycles. The van der Waals surface area contributed by atoms with E-state index in [-0.39, 0.29) is 5.56 Å². The first-order chi connectivity index (χ1) is 11.8. The van der Waals surface area contributed by atoms with Gasteiger partial charge in [0.1, 0.15) is 0 Å². The normalized spacial score (nSPS) is 11.4. The van der Waals surface area contributed by atoms with Crippen LogP contribution in [-0.2, 0) is 4.79 Å². The zero-order valence-electron chi connectivity index (χ0n) is 12.5. The number of nitro groups is 2. The number of nitrogens with zero attached hydrogens (tertiary/aromatic N) is 2. The maximum atomic E-state index is 12.4. The van der Waals surface area contributed by atoms with E-state index >= 15 is 0 Å². The molecular weight excluding hydrogens is 334 g/mol. The molecule has 2 aromatic rings. The first kappa shape index (κ1) is 17.5. The number of carboxylic acids is 1. The fraction of sp³-hybridized carbons (Fsp3) is 0.0667. The second-order valence-electron chi connectivity index (χ2n) is 4.84. The van der Waals surface area contributed by atoms with E-state index in [1.54, 1.807) is 18.2 Å². The standard InChI is InChI=1S/C15H11N3O7/c19-14(16-13(15(20)21)9-5-2-1-3-6-9)12-10(17(22)23)7-4-8-11(12)18(24)25/h1-8,13H,(H,16,19)(H,20,21). The number of hydrogen-bond acceptors (Lipinski definition) is 6. The lowest BCUT2D eigenvalue weighted by atomic mass is 10.1. The average molecular weight is 345 g/mol. The summed E-state index contributed by atoms with van der Waals surface area (Å²) in [6.07, 6.45) is 0. The summed E-state index contributed by atoms with van der Waals surface area (Å²) >= 11 is 0. The molecule has 10 heteroatoms. The van der Waals surface area contributed by atoms with Crippen molar-refractivity contribution in [2.75, 3.05) is 0 Å². The van der Waals surface area contributed by atoms with Crippen molar-refractivity contribution in [1.82, 2.24) is 5.32 Å². The van der Waals surface area contributed by atoms with E-state index in [1.165, 1.54) is 12.1 Å². The van der Waals surface area contributed by atoms with Gasteiger partial charge < -0.3 is 10.4 Å². The van der Waals surface area contributed by atoms with Gasteiger partial charge in [0.05, 0.1) is 9.85 Å². The van der Waals surface area contributed by atoms with Crippen molar-refractivity contribution >= 4 is 23.3 Å². The molecule has 0 spiro atoms. The molecule has 2 aromatic carbocycles. The molecule has 2 rings (SSSR count). The zero-order chi connectivity index (χ0) is 18.6. The molecule has 0 heterocycles. The first-order valence-corrected chi connectivity index (χ1v) is 6.83. The fourth-order valence-electron chi connectivity index (χ4n) is 2.20. The molecule has 0 fully saturated rings. The Morgan fingerprint density at radius 3 is 1.88 bits per heavy atom. The Bertz CT molecular complexity index is 819. The van der Waals surface area contributed by atoms with Crippen LogP contribution >= 0.6 is 0 Å². The largest absolute Gasteiger partial charge is 0.479 e. The lowest BCUT2D eigenvalue weighted by Crippen LogP contribution is -2.34. The van der Waals surface area contributed by atoms with Crippen LogP contribution in [0.15, 0.2) is 48.5 Å². The lowest BCUT2D eigenvalue weighted by molar-refractivity contribution is -0.394. The number of carboxylic acid groups (broad SMARTS) is 1. The van der Waals surface area contributed by atoms with Crippen LogP contribution in [0.4, 0.5) is 11.4 Å². The quantitative estimate of drug-likeness (QED) is 0.600. The Kier molecular flexibility index (Phi) is 5.03. The summed E-state index contributed by atoms with van der Waals surface area (Å²) in [7, 11) is 0. The van der Waals surface area contributed by atoms with Gasteiger partial charge in [-0.05, 0) is 11.6 Å². The topological polar surface area (TPSA) is 153 Å². The van der Waals surface area contributed by atoms with Crippen LogP contribution in [0, 0.1) is 20.2 Å². The molecule has 0 aliphatic rings. The molecule has 1 unspecified atom stereocenters. The highest BCUT2D eigenvalue weighted by Gasteiger charge is 2.33. The highest BCUT2D eigenvalue weighted by atomic mass is 16.6. The van der Waals surface area contributed by atoms with E-state index in [0.29, 0.717) is 0 Å². The second-order valence-corrected chi connectivity index (χ2v) is 4.84. The van der Waals surface area contributed by atoms with E-state index in [4.69, 9.17) is 0 Å². The molecule has 2 N–H and O–H groups in total. The van der Waals surface area contributed by atoms with Crippen LogP contribution in [0.2, 0.25) is 0 Å². The Morgan fingerprint density at radius 1 is 0.920 bits per heavy atom. The Balaban J connectivity index is 2.48. The van der Waals surface area contributed by atoms with Gasteiger partial charge in [-0.1, -0.05) is 30.3 Å². The molecular formula is C15H11N3O7. The van der Waals surface area contributed by atoms with Crippen LogP contribution in [-0.4, -0.2) is 26.8 Å². The molecule has 1 atom stereocenters. The summed E-state index contributed by atoms with van der Waals surface area (Å²) in [5.74, 6) is -2.64. The van der Waals surface area contributed by atoms with E-state index in [2.05, 4.69) is 5.32 Å². The number of hydrogen-bond donors (Lipinski definition) is 2. The van der Waals surface area contributed by atoms with Crippen molar-refractivity contribution in [3.63, 3.8) is 0 Å². The number of aliphatic carboxylic acids is 1. The van der Waals surface area contributed by atoms with Crippen molar-refractivity contribution < 1.29 is 24.5 Å². The van der Waals surface area contributed by atoms with E-state index < -0.39 is 44.7 Å². The summed E-state index contributed by atoms with van der Waals surface area (Å²) < 4.78 is 0. The Labute approximate surface area is 140 Å². The fourth-order valence-corrected chi connectivity index (χ4v) is 2.20. The van der Waals surface area contributed by atoms with E-state index in [0.717, 1.165) is 18.2 Å². The van der Waals surface area contributed by atoms with Crippen molar-refractivity contribution in [2.24, 2.45) is 0 Å². The van der Waals surface area contributed by atoms with E-state index in [1.807, 2.05) is 0 Å². The Hall–Kier alpha value is -3.82. The van der Waals surface area contributed by atoms with Gasteiger partial charge in [0.25, 0.3) is 17.3 Å². The number of carbonyl (C=O) groups excluding carboxylic acids is 1. The number of rotatable bonds is 6. The first-order valence-electron chi connectivity index (χ1n) is 6.83. The predicted molar refractivity (Wildman–Crippen MR) is 84.0 cm³/mol. The van der Waals surface area contributed by atoms with Crippen molar-refractivity contribution in [2.45, 2.75) is 6.04 Å². The molecule has 0 radical (unpaired) electrons. The highest BCUT2D eigenvalue weighted by Crippen LogP contribution is 2.28. The van der Waals surface area contributed by atoms with Crippen LogP contribution in [0.1, 0.15) is 22.0 Å². The Morgan fingerprint density at radius 2 is 1.44 bits per heavy atom. The van der Waals surface area contributed by atoms with Gasteiger partial charge >= 0.3 is 5.97 Å². The third-order valence-electron chi connectivity index (χ3n) is 3.30. The second kappa shape index (κ2) is 7.17. The predicted octanol–water partition coefficient (Wildman–Crippen LogP) is 2.06. The molecule has 0 bridgehead atoms. The lowest BCUT2D eigenvalue weighted by Gasteiger charge is -2.15. The molecule has 0 aliphatic carbocycles. The van der Waals surface area contributed by atoms with Crippen LogP contribution < -0.4 is 5.32 Å². The smallest absolute Gasteiger partial charge is 0.330 e. The van der Waals surface area contributed by atoms with Gasteiger partial charge in [-0.3, -0.25) is 25.0 Å². The monoisotopic (exact) mass is 345 g/mol. The molecule has 0 saturated carbocycles. The van der Waals surface area contributed by atoms with Crippen molar-refractivity contribution in [3.05, 3.63) is 79.9 Å². The summed E-state index contributed by atoms with van der Waals surface area (Å²) in [5, 5.41) is 33.5. The SMILES string of the molecule is O=C(NC(C(=O)O)c1ccccc1)c1c([N+](=O)[O-])cccc1[N+](=O)[O-]. The van der Waals surface area contributed by atoms with Gasteiger partial charge in [-0.15, -0.1) is 0 Å². The summed E-state index contributed by atoms with van der Waals surface area (Å²) in [5.41, 5.74) is -2.17. The number of carbonyl (C=O) groups is 2. The minimum atomic E-state index is -1.52. The van der Waals surface area contributed by atoms with Gasteiger partial charge in [-0.25, -0.2) is 4.79 Å². The molecule has 10 nitrogen and oxygen atoms in total. The van der Waals surface area contributed by atoms with Crippen molar-refractivity contribution in [3.8, 4) is 0 Å². The van der Waals surface area contributed by atoms with Crippen LogP contribution in [0.5, 0.6) is 0 Å². The van der Waals surface area contributed by atoms with Gasteiger partial charge in [0, 0.05) is 12.1 Å². The zero-order valence-corrected chi connectivity index (χ0v) is 12.5. The minimum absolute atomic E-state index is 0.213. The molecule has 128 valence electrons. The average Bonchev–Trinajstić information content (AvgIpc) is 2.59. The summed E-state index contributed by atoms with van der Waals surface area (Å²) in [6, 6.07) is 9.01. The van der Waals surface area contributed by atoms with Gasteiger partial charge in [0.15, 0.2) is 11.6 Å². The maximum Gasteiger partial charge on any atom is 0.330 e. The van der Waals surface area contributed by atoms with Gasteiger partial charge in [-0.2, -0.15) is 0 Å². The number of amides is 1. The van der Waals surface area contributed by atoms with Crippen molar-refractivity contribution in [1.29, 1.82) is 0 Å². The van der Waals surface area contributed by atoms with Gasteiger partial charge in [0.2, 0.25) is 0 Å². The molecule has 0 saturated heterocycles. The number of nitro benzene ring substituents is 2.